The number of benzene rings is 2. The predicted molar refractivity (Wildman–Crippen MR) is 95.9 cm³/mol. The van der Waals surface area contributed by atoms with E-state index in [0.29, 0.717) is 31.2 Å². The van der Waals surface area contributed by atoms with Crippen molar-refractivity contribution in [1.29, 1.82) is 0 Å². The van der Waals surface area contributed by atoms with E-state index in [9.17, 15) is 40.3 Å². The van der Waals surface area contributed by atoms with Crippen LogP contribution in [0.3, 0.4) is 0 Å². The Kier molecular flexibility index (Phi) is 8.94. The van der Waals surface area contributed by atoms with Gasteiger partial charge >= 0.3 is 6.18 Å². The maximum atomic E-state index is 13.2. The zero-order valence-corrected chi connectivity index (χ0v) is 16.8. The molecule has 0 heterocycles. The molecular weight excluding hydrogens is 490 g/mol. The molecule has 0 saturated heterocycles. The van der Waals surface area contributed by atoms with E-state index in [2.05, 4.69) is 0 Å². The van der Waals surface area contributed by atoms with Crippen molar-refractivity contribution < 1.29 is 40.3 Å². The number of amides is 1. The molecule has 0 aliphatic carbocycles. The fourth-order valence-electron chi connectivity index (χ4n) is 1.73. The Balaban J connectivity index is 0.000000325. The number of rotatable bonds is 3. The first-order chi connectivity index (χ1) is 13.6. The molecule has 1 atom stereocenters. The quantitative estimate of drug-likeness (QED) is 0.307. The lowest BCUT2D eigenvalue weighted by atomic mass is 10.1. The SMILES string of the molecule is C[C@@H](NC(=O)c1cc(F)c(Cl)cc1F)C(F)(F)F.O=C(Cl)c1cc(F)c(Cl)cc1F. The highest BCUT2D eigenvalue weighted by molar-refractivity contribution is 6.67. The summed E-state index contributed by atoms with van der Waals surface area (Å²) in [6.07, 6.45) is -4.67. The van der Waals surface area contributed by atoms with Crippen molar-refractivity contribution in [3.05, 3.63) is 68.7 Å². The van der Waals surface area contributed by atoms with Crippen molar-refractivity contribution in [2.75, 3.05) is 0 Å². The van der Waals surface area contributed by atoms with E-state index in [4.69, 9.17) is 34.8 Å². The normalized spacial score (nSPS) is 12.0. The second-order valence-electron chi connectivity index (χ2n) is 5.50. The van der Waals surface area contributed by atoms with Crippen LogP contribution in [0.5, 0.6) is 0 Å². The van der Waals surface area contributed by atoms with Crippen molar-refractivity contribution in [3.8, 4) is 0 Å². The second kappa shape index (κ2) is 10.3. The Morgan fingerprint density at radius 2 is 1.23 bits per heavy atom. The minimum atomic E-state index is -4.67. The summed E-state index contributed by atoms with van der Waals surface area (Å²) in [5.41, 5.74) is -1.36. The summed E-state index contributed by atoms with van der Waals surface area (Å²) in [7, 11) is 0. The highest BCUT2D eigenvalue weighted by Gasteiger charge is 2.37. The Morgan fingerprint density at radius 3 is 1.63 bits per heavy atom. The molecule has 164 valence electrons. The number of carbonyl (C=O) groups excluding carboxylic acids is 2. The van der Waals surface area contributed by atoms with Gasteiger partial charge in [0.05, 0.1) is 21.2 Å². The second-order valence-corrected chi connectivity index (χ2v) is 6.66. The van der Waals surface area contributed by atoms with Crippen LogP contribution < -0.4 is 5.32 Å². The van der Waals surface area contributed by atoms with E-state index in [-0.39, 0.29) is 5.02 Å². The van der Waals surface area contributed by atoms with Crippen molar-refractivity contribution in [2.45, 2.75) is 19.1 Å². The third kappa shape index (κ3) is 7.03. The van der Waals surface area contributed by atoms with Gasteiger partial charge in [-0.3, -0.25) is 9.59 Å². The van der Waals surface area contributed by atoms with Crippen LogP contribution in [0.1, 0.15) is 27.6 Å². The molecule has 0 aliphatic rings. The van der Waals surface area contributed by atoms with Crippen molar-refractivity contribution in [3.63, 3.8) is 0 Å². The smallest absolute Gasteiger partial charge is 0.340 e. The lowest BCUT2D eigenvalue weighted by Crippen LogP contribution is -2.43. The van der Waals surface area contributed by atoms with E-state index in [1.54, 1.807) is 0 Å². The van der Waals surface area contributed by atoms with Crippen LogP contribution >= 0.6 is 34.8 Å². The molecule has 30 heavy (non-hydrogen) atoms. The summed E-state index contributed by atoms with van der Waals surface area (Å²) < 4.78 is 88.1. The van der Waals surface area contributed by atoms with Crippen LogP contribution in [0, 0.1) is 23.3 Å². The van der Waals surface area contributed by atoms with E-state index in [1.165, 1.54) is 5.32 Å². The van der Waals surface area contributed by atoms with Crippen LogP contribution in [0.25, 0.3) is 0 Å². The van der Waals surface area contributed by atoms with Crippen LogP contribution in [0.4, 0.5) is 30.7 Å². The topological polar surface area (TPSA) is 46.2 Å². The average molecular weight is 499 g/mol. The van der Waals surface area contributed by atoms with E-state index in [0.717, 1.165) is 0 Å². The maximum absolute atomic E-state index is 13.2. The minimum Gasteiger partial charge on any atom is -0.340 e. The standard InChI is InChI=1S/C10H7ClF5NO.C7H2Cl2F2O/c1-4(10(14,15)16)17-9(18)5-2-8(13)6(11)3-7(5)12;8-4-2-5(10)3(7(9)12)1-6(4)11/h2-4H,1H3,(H,17,18);1-2H/t4-;/m1./s1. The molecule has 0 spiro atoms. The molecule has 0 saturated carbocycles. The van der Waals surface area contributed by atoms with Gasteiger partial charge in [0.25, 0.3) is 11.1 Å². The summed E-state index contributed by atoms with van der Waals surface area (Å²) in [5, 5.41) is -0.485. The number of nitrogens with one attached hydrogen (secondary N) is 1. The number of hydrogen-bond donors (Lipinski definition) is 1. The highest BCUT2D eigenvalue weighted by Crippen LogP contribution is 2.22. The van der Waals surface area contributed by atoms with Gasteiger partial charge in [0, 0.05) is 0 Å². The lowest BCUT2D eigenvalue weighted by molar-refractivity contribution is -0.149. The molecule has 0 aromatic heterocycles. The molecule has 2 aromatic carbocycles. The number of alkyl halides is 3. The molecule has 0 unspecified atom stereocenters. The number of carbonyl (C=O) groups is 2. The molecule has 0 fully saturated rings. The summed E-state index contributed by atoms with van der Waals surface area (Å²) in [4.78, 5) is 21.8. The van der Waals surface area contributed by atoms with E-state index < -0.39 is 62.8 Å². The van der Waals surface area contributed by atoms with Gasteiger partial charge in [0.1, 0.15) is 29.3 Å². The molecule has 2 aromatic rings. The highest BCUT2D eigenvalue weighted by atomic mass is 35.5. The van der Waals surface area contributed by atoms with Gasteiger partial charge in [-0.1, -0.05) is 23.2 Å². The Labute approximate surface area is 179 Å². The summed E-state index contributed by atoms with van der Waals surface area (Å²) in [5.74, 6) is -5.47. The van der Waals surface area contributed by atoms with Gasteiger partial charge < -0.3 is 5.32 Å². The minimum absolute atomic E-state index is 0.380. The van der Waals surface area contributed by atoms with Gasteiger partial charge in [-0.05, 0) is 42.8 Å². The zero-order chi connectivity index (χ0) is 23.4. The first kappa shape index (κ1) is 26.0. The van der Waals surface area contributed by atoms with Crippen LogP contribution in [-0.2, 0) is 0 Å². The molecule has 3 nitrogen and oxygen atoms in total. The van der Waals surface area contributed by atoms with Crippen LogP contribution in [0.2, 0.25) is 10.0 Å². The summed E-state index contributed by atoms with van der Waals surface area (Å²) >= 11 is 15.4. The molecule has 1 amide bonds. The Bertz CT molecular complexity index is 967. The first-order valence-corrected chi connectivity index (χ1v) is 8.65. The first-order valence-electron chi connectivity index (χ1n) is 7.51. The third-order valence-corrected chi connectivity index (χ3v) is 4.10. The Hall–Kier alpha value is -2.04. The number of hydrogen-bond acceptors (Lipinski definition) is 2. The largest absolute Gasteiger partial charge is 0.408 e. The zero-order valence-electron chi connectivity index (χ0n) is 14.5. The fourth-order valence-corrected chi connectivity index (χ4v) is 2.17. The van der Waals surface area contributed by atoms with Crippen molar-refractivity contribution in [1.82, 2.24) is 5.32 Å². The fraction of sp³-hybridized carbons (Fsp3) is 0.176. The predicted octanol–water partition coefficient (Wildman–Crippen LogP) is 6.30. The van der Waals surface area contributed by atoms with E-state index in [1.807, 2.05) is 0 Å². The van der Waals surface area contributed by atoms with Gasteiger partial charge in [0.2, 0.25) is 0 Å². The molecule has 2 rings (SSSR count). The van der Waals surface area contributed by atoms with Gasteiger partial charge in [-0.25, -0.2) is 17.6 Å². The van der Waals surface area contributed by atoms with Crippen molar-refractivity contribution >= 4 is 46.0 Å². The van der Waals surface area contributed by atoms with Gasteiger partial charge in [0.15, 0.2) is 0 Å². The molecule has 0 aliphatic heterocycles. The van der Waals surface area contributed by atoms with Crippen LogP contribution in [0.15, 0.2) is 24.3 Å². The Morgan fingerprint density at radius 1 is 0.833 bits per heavy atom. The molecule has 0 bridgehead atoms. The molecule has 1 N–H and O–H groups in total. The summed E-state index contributed by atoms with van der Waals surface area (Å²) in [6, 6.07) is 0.141. The molecule has 13 heteroatoms. The molecule has 0 radical (unpaired) electrons. The molecular formula is C17H9Cl3F7NO2. The summed E-state index contributed by atoms with van der Waals surface area (Å²) in [6.45, 7) is 0.683. The van der Waals surface area contributed by atoms with Gasteiger partial charge in [-0.2, -0.15) is 13.2 Å². The maximum Gasteiger partial charge on any atom is 0.408 e. The average Bonchev–Trinajstić information content (AvgIpc) is 2.60. The van der Waals surface area contributed by atoms with Gasteiger partial charge in [-0.15, -0.1) is 0 Å². The monoisotopic (exact) mass is 497 g/mol. The third-order valence-electron chi connectivity index (χ3n) is 3.31. The van der Waals surface area contributed by atoms with Crippen LogP contribution in [-0.4, -0.2) is 23.4 Å². The number of halogens is 10. The van der Waals surface area contributed by atoms with E-state index >= 15 is 0 Å². The lowest BCUT2D eigenvalue weighted by Gasteiger charge is -2.17. The van der Waals surface area contributed by atoms with Crippen molar-refractivity contribution in [2.24, 2.45) is 0 Å².